The lowest BCUT2D eigenvalue weighted by molar-refractivity contribution is 0.303. The van der Waals surface area contributed by atoms with Crippen molar-refractivity contribution in [2.75, 3.05) is 32.1 Å². The van der Waals surface area contributed by atoms with Gasteiger partial charge in [-0.2, -0.15) is 5.26 Å². The van der Waals surface area contributed by atoms with Crippen molar-refractivity contribution >= 4 is 34.3 Å². The summed E-state index contributed by atoms with van der Waals surface area (Å²) in [7, 11) is 4.22. The predicted molar refractivity (Wildman–Crippen MR) is 102 cm³/mol. The fourth-order valence-electron chi connectivity index (χ4n) is 3.66. The smallest absolute Gasteiger partial charge is 0.246 e. The highest BCUT2D eigenvalue weighted by Crippen LogP contribution is 2.34. The molecule has 132 valence electrons. The van der Waals surface area contributed by atoms with Gasteiger partial charge >= 0.3 is 0 Å². The molecule has 1 atom stereocenters. The van der Waals surface area contributed by atoms with Crippen LogP contribution in [0, 0.1) is 11.3 Å². The molecule has 1 aliphatic rings. The topological polar surface area (TPSA) is 81.5 Å². The van der Waals surface area contributed by atoms with E-state index in [1.807, 2.05) is 12.3 Å². The number of aromatic nitrogens is 4. The molecule has 3 aromatic rings. The average molecular weight is 369 g/mol. The lowest BCUT2D eigenvalue weighted by Gasteiger charge is -2.34. The summed E-state index contributed by atoms with van der Waals surface area (Å²) in [5, 5.41) is 10.6. The van der Waals surface area contributed by atoms with Gasteiger partial charge in [0.25, 0.3) is 0 Å². The first-order valence-electron chi connectivity index (χ1n) is 8.43. The van der Waals surface area contributed by atoms with Gasteiger partial charge in [0.05, 0.1) is 37.8 Å². The number of halogens is 1. The maximum atomic E-state index is 9.02. The van der Waals surface area contributed by atoms with Crippen LogP contribution in [0.4, 0.5) is 11.6 Å². The van der Waals surface area contributed by atoms with Crippen LogP contribution in [0.2, 0.25) is 5.02 Å². The molecule has 0 radical (unpaired) electrons. The van der Waals surface area contributed by atoms with E-state index in [4.69, 9.17) is 16.9 Å². The van der Waals surface area contributed by atoms with Crippen molar-refractivity contribution < 1.29 is 0 Å². The first-order valence-corrected chi connectivity index (χ1v) is 8.81. The van der Waals surface area contributed by atoms with Crippen LogP contribution < -0.4 is 9.38 Å². The zero-order chi connectivity index (χ0) is 18.3. The Bertz CT molecular complexity index is 1000. The molecule has 7 nitrogen and oxygen atoms in total. The number of likely N-dealkylation sites (N-methyl/N-ethyl adjacent to an activating group) is 1. The number of hydrogen-bond donors (Lipinski definition) is 1. The molecule has 1 unspecified atom stereocenters. The number of nitrogens with one attached hydrogen (secondary N) is 1. The van der Waals surface area contributed by atoms with E-state index in [-0.39, 0.29) is 0 Å². The van der Waals surface area contributed by atoms with Gasteiger partial charge in [-0.05, 0) is 12.1 Å². The summed E-state index contributed by atoms with van der Waals surface area (Å²) in [6, 6.07) is 6.09. The number of nitriles is 1. The molecule has 1 saturated heterocycles. The van der Waals surface area contributed by atoms with Gasteiger partial charge in [0.2, 0.25) is 5.82 Å². The number of aromatic amines is 1. The zero-order valence-corrected chi connectivity index (χ0v) is 15.4. The van der Waals surface area contributed by atoms with E-state index in [2.05, 4.69) is 45.0 Å². The molecule has 0 amide bonds. The van der Waals surface area contributed by atoms with Gasteiger partial charge in [0, 0.05) is 19.2 Å². The monoisotopic (exact) mass is 368 g/mol. The second-order valence-electron chi connectivity index (χ2n) is 7.01. The molecule has 0 aliphatic carbocycles. The highest BCUT2D eigenvalue weighted by Gasteiger charge is 2.39. The fourth-order valence-corrected chi connectivity index (χ4v) is 4.04. The Morgan fingerprint density at radius 3 is 2.96 bits per heavy atom. The quantitative estimate of drug-likeness (QED) is 0.719. The van der Waals surface area contributed by atoms with Crippen LogP contribution in [-0.4, -0.2) is 53.2 Å². The molecular weight excluding hydrogens is 350 g/mol. The molecule has 1 N–H and O–H groups in total. The number of nitrogens with zero attached hydrogens (tertiary/aromatic N) is 6. The van der Waals surface area contributed by atoms with E-state index in [9.17, 15) is 0 Å². The van der Waals surface area contributed by atoms with Gasteiger partial charge in [-0.15, -0.1) is 0 Å². The Hall–Kier alpha value is -2.69. The van der Waals surface area contributed by atoms with Crippen LogP contribution in [0.1, 0.15) is 12.0 Å². The predicted octanol–water partition coefficient (Wildman–Crippen LogP) is 2.72. The summed E-state index contributed by atoms with van der Waals surface area (Å²) in [4.78, 5) is 18.7. The minimum absolute atomic E-state index is 0.317. The SMILES string of the molecule is C[N+](C)(c1ncc(C#N)cc1Cl)C1CCN(c2ncnc3[nH]ccc23)C1. The molecule has 3 aromatic heterocycles. The van der Waals surface area contributed by atoms with Crippen molar-refractivity contribution in [2.45, 2.75) is 12.5 Å². The summed E-state index contributed by atoms with van der Waals surface area (Å²) in [6.07, 6.45) is 6.07. The van der Waals surface area contributed by atoms with Crippen molar-refractivity contribution in [1.29, 1.82) is 5.26 Å². The Kier molecular flexibility index (Phi) is 4.02. The lowest BCUT2D eigenvalue weighted by atomic mass is 10.2. The van der Waals surface area contributed by atoms with Crippen molar-refractivity contribution in [1.82, 2.24) is 24.4 Å². The van der Waals surface area contributed by atoms with Crippen LogP contribution >= 0.6 is 11.6 Å². The van der Waals surface area contributed by atoms with Crippen molar-refractivity contribution in [3.8, 4) is 6.07 Å². The lowest BCUT2D eigenvalue weighted by Crippen LogP contribution is -2.52. The molecule has 0 saturated carbocycles. The number of H-pyrrole nitrogens is 1. The minimum atomic E-state index is 0.317. The molecule has 26 heavy (non-hydrogen) atoms. The van der Waals surface area contributed by atoms with Crippen LogP contribution in [-0.2, 0) is 0 Å². The summed E-state index contributed by atoms with van der Waals surface area (Å²) in [5.74, 6) is 1.74. The standard InChI is InChI=1S/C18H19ClN7/c1-26(2,18-15(19)7-12(8-20)9-22-18)13-4-6-25(10-13)17-14-3-5-21-16(14)23-11-24-17/h3,5,7,9,11,13H,4,6,10H2,1-2H3,(H,21,23,24)/q+1. The normalized spacial score (nSPS) is 17.6. The number of anilines is 1. The minimum Gasteiger partial charge on any atom is -0.350 e. The molecule has 4 rings (SSSR count). The molecule has 0 spiro atoms. The first kappa shape index (κ1) is 16.8. The second kappa shape index (κ2) is 6.24. The Balaban J connectivity index is 1.62. The molecule has 1 aliphatic heterocycles. The molecule has 1 fully saturated rings. The molecule has 4 heterocycles. The van der Waals surface area contributed by atoms with Gasteiger partial charge in [-0.3, -0.25) is 4.48 Å². The average Bonchev–Trinajstić information content (AvgIpc) is 3.30. The van der Waals surface area contributed by atoms with Gasteiger partial charge < -0.3 is 9.88 Å². The van der Waals surface area contributed by atoms with E-state index in [1.54, 1.807) is 18.6 Å². The Morgan fingerprint density at radius 1 is 1.35 bits per heavy atom. The number of rotatable bonds is 3. The second-order valence-corrected chi connectivity index (χ2v) is 7.41. The molecular formula is C18H19ClN7+. The number of hydrogen-bond acceptors (Lipinski definition) is 5. The number of pyridine rings is 1. The highest BCUT2D eigenvalue weighted by molar-refractivity contribution is 6.32. The van der Waals surface area contributed by atoms with E-state index in [0.717, 1.165) is 42.2 Å². The summed E-state index contributed by atoms with van der Waals surface area (Å²) in [5.41, 5.74) is 1.33. The van der Waals surface area contributed by atoms with Crippen LogP contribution in [0.25, 0.3) is 11.0 Å². The third-order valence-corrected chi connectivity index (χ3v) is 5.48. The fraction of sp³-hybridized carbons (Fsp3) is 0.333. The molecule has 0 aromatic carbocycles. The summed E-state index contributed by atoms with van der Waals surface area (Å²) >= 11 is 6.42. The van der Waals surface area contributed by atoms with Crippen LogP contribution in [0.15, 0.2) is 30.9 Å². The number of fused-ring (bicyclic) bond motifs is 1. The van der Waals surface area contributed by atoms with Gasteiger partial charge in [0.1, 0.15) is 34.9 Å². The Morgan fingerprint density at radius 2 is 2.19 bits per heavy atom. The van der Waals surface area contributed by atoms with Crippen LogP contribution in [0.5, 0.6) is 0 Å². The van der Waals surface area contributed by atoms with Gasteiger partial charge in [0.15, 0.2) is 0 Å². The zero-order valence-electron chi connectivity index (χ0n) is 14.6. The Labute approximate surface area is 156 Å². The van der Waals surface area contributed by atoms with E-state index in [0.29, 0.717) is 21.1 Å². The summed E-state index contributed by atoms with van der Waals surface area (Å²) in [6.45, 7) is 1.76. The summed E-state index contributed by atoms with van der Waals surface area (Å²) < 4.78 is 0.558. The number of quaternary nitrogens is 1. The van der Waals surface area contributed by atoms with Crippen molar-refractivity contribution in [3.63, 3.8) is 0 Å². The van der Waals surface area contributed by atoms with Crippen LogP contribution in [0.3, 0.4) is 0 Å². The first-order chi connectivity index (χ1) is 12.5. The van der Waals surface area contributed by atoms with E-state index < -0.39 is 0 Å². The maximum Gasteiger partial charge on any atom is 0.246 e. The van der Waals surface area contributed by atoms with Gasteiger partial charge in [-0.1, -0.05) is 11.6 Å². The third kappa shape index (κ3) is 2.68. The largest absolute Gasteiger partial charge is 0.350 e. The maximum absolute atomic E-state index is 9.02. The van der Waals surface area contributed by atoms with E-state index in [1.165, 1.54) is 0 Å². The highest BCUT2D eigenvalue weighted by atomic mass is 35.5. The molecule has 0 bridgehead atoms. The third-order valence-electron chi connectivity index (χ3n) is 5.21. The van der Waals surface area contributed by atoms with Gasteiger partial charge in [-0.25, -0.2) is 15.0 Å². The molecule has 8 heteroatoms. The van der Waals surface area contributed by atoms with Crippen molar-refractivity contribution in [2.24, 2.45) is 0 Å². The van der Waals surface area contributed by atoms with Crippen molar-refractivity contribution in [3.05, 3.63) is 41.4 Å². The van der Waals surface area contributed by atoms with E-state index >= 15 is 0 Å².